The lowest BCUT2D eigenvalue weighted by molar-refractivity contribution is -0.117. The molecule has 5 rings (SSSR count). The predicted octanol–water partition coefficient (Wildman–Crippen LogP) is 4.15. The largest absolute Gasteiger partial charge is 0.506 e. The monoisotopic (exact) mass is 502 g/mol. The normalized spacial score (nSPS) is 14.6. The van der Waals surface area contributed by atoms with Gasteiger partial charge in [-0.15, -0.1) is 0 Å². The molecule has 9 heteroatoms. The maximum Gasteiger partial charge on any atom is 0.238 e. The molecule has 36 heavy (non-hydrogen) atoms. The number of pyridine rings is 1. The van der Waals surface area contributed by atoms with Crippen LogP contribution in [0.2, 0.25) is 5.02 Å². The Labute approximate surface area is 214 Å². The van der Waals surface area contributed by atoms with Gasteiger partial charge in [0.2, 0.25) is 5.91 Å². The first-order valence-corrected chi connectivity index (χ1v) is 12.1. The average Bonchev–Trinajstić information content (AvgIpc) is 3.33. The smallest absolute Gasteiger partial charge is 0.238 e. The van der Waals surface area contributed by atoms with Crippen molar-refractivity contribution in [1.29, 1.82) is 0 Å². The summed E-state index contributed by atoms with van der Waals surface area (Å²) in [6.45, 7) is 4.08. The molecule has 3 heterocycles. The number of nitrogens with zero attached hydrogens (tertiary/aromatic N) is 5. The Morgan fingerprint density at radius 1 is 1.03 bits per heavy atom. The van der Waals surface area contributed by atoms with E-state index in [2.05, 4.69) is 27.1 Å². The number of piperazine rings is 1. The number of aromatic nitrogens is 3. The van der Waals surface area contributed by atoms with Crippen LogP contribution in [0.25, 0.3) is 28.1 Å². The number of rotatable bonds is 6. The van der Waals surface area contributed by atoms with Crippen LogP contribution in [0.1, 0.15) is 0 Å². The molecule has 2 aromatic carbocycles. The SMILES string of the molecule is CN1CCN(CC(=O)Nc2cccc(-n3cc(-c4ccncc4)c(-c4ccc(Cl)c(O)c4)n3)c2)CC1. The summed E-state index contributed by atoms with van der Waals surface area (Å²) in [6, 6.07) is 16.5. The van der Waals surface area contributed by atoms with E-state index in [4.69, 9.17) is 16.7 Å². The summed E-state index contributed by atoms with van der Waals surface area (Å²) < 4.78 is 1.77. The molecule has 1 aliphatic rings. The van der Waals surface area contributed by atoms with Gasteiger partial charge in [0.25, 0.3) is 0 Å². The third-order valence-electron chi connectivity index (χ3n) is 6.28. The van der Waals surface area contributed by atoms with Gasteiger partial charge in [-0.05, 0) is 55.1 Å². The first-order valence-electron chi connectivity index (χ1n) is 11.8. The lowest BCUT2D eigenvalue weighted by atomic mass is 10.0. The second kappa shape index (κ2) is 10.5. The molecular formula is C27H27ClN6O2. The number of likely N-dealkylation sites (N-methyl/N-ethyl adjacent to an activating group) is 1. The molecule has 0 unspecified atom stereocenters. The molecule has 2 aromatic heterocycles. The summed E-state index contributed by atoms with van der Waals surface area (Å²) in [6.07, 6.45) is 5.39. The summed E-state index contributed by atoms with van der Waals surface area (Å²) in [5.41, 5.74) is 4.75. The lowest BCUT2D eigenvalue weighted by Gasteiger charge is -2.31. The lowest BCUT2D eigenvalue weighted by Crippen LogP contribution is -2.47. The highest BCUT2D eigenvalue weighted by Crippen LogP contribution is 2.35. The zero-order chi connectivity index (χ0) is 25.1. The van der Waals surface area contributed by atoms with Crippen LogP contribution in [0.3, 0.4) is 0 Å². The highest BCUT2D eigenvalue weighted by molar-refractivity contribution is 6.32. The van der Waals surface area contributed by atoms with Crippen LogP contribution in [0.4, 0.5) is 5.69 Å². The molecule has 1 aliphatic heterocycles. The summed E-state index contributed by atoms with van der Waals surface area (Å²) >= 11 is 6.03. The minimum Gasteiger partial charge on any atom is -0.506 e. The highest BCUT2D eigenvalue weighted by Gasteiger charge is 2.18. The maximum absolute atomic E-state index is 12.7. The quantitative estimate of drug-likeness (QED) is 0.412. The molecule has 1 amide bonds. The standard InChI is InChI=1S/C27H27ClN6O2/c1-32-11-13-33(14-12-32)18-26(36)30-21-3-2-4-22(16-21)34-17-23(19-7-9-29-10-8-19)27(31-34)20-5-6-24(28)25(35)15-20/h2-10,15-17,35H,11-14,18H2,1H3,(H,30,36). The molecule has 2 N–H and O–H groups in total. The van der Waals surface area contributed by atoms with E-state index in [-0.39, 0.29) is 16.7 Å². The first kappa shape index (κ1) is 24.0. The average molecular weight is 503 g/mol. The van der Waals surface area contributed by atoms with E-state index in [0.717, 1.165) is 48.6 Å². The van der Waals surface area contributed by atoms with E-state index in [1.54, 1.807) is 29.2 Å². The molecule has 0 bridgehead atoms. The van der Waals surface area contributed by atoms with E-state index in [1.807, 2.05) is 48.7 Å². The molecule has 0 saturated carbocycles. The van der Waals surface area contributed by atoms with Gasteiger partial charge in [-0.1, -0.05) is 23.7 Å². The Hall–Kier alpha value is -3.72. The van der Waals surface area contributed by atoms with Crippen LogP contribution >= 0.6 is 11.6 Å². The Bertz CT molecular complexity index is 1370. The molecule has 0 spiro atoms. The van der Waals surface area contributed by atoms with Crippen LogP contribution in [0, 0.1) is 0 Å². The second-order valence-corrected chi connectivity index (χ2v) is 9.32. The molecule has 184 valence electrons. The molecule has 1 saturated heterocycles. The number of phenols is 1. The van der Waals surface area contributed by atoms with Crippen molar-refractivity contribution in [2.75, 3.05) is 45.1 Å². The van der Waals surface area contributed by atoms with E-state index >= 15 is 0 Å². The number of carbonyl (C=O) groups is 1. The van der Waals surface area contributed by atoms with Crippen LogP contribution in [-0.2, 0) is 4.79 Å². The first-order chi connectivity index (χ1) is 17.5. The van der Waals surface area contributed by atoms with Gasteiger partial charge in [-0.2, -0.15) is 5.10 Å². The Kier molecular flexibility index (Phi) is 6.99. The Balaban J connectivity index is 1.42. The highest BCUT2D eigenvalue weighted by atomic mass is 35.5. The van der Waals surface area contributed by atoms with E-state index in [1.165, 1.54) is 0 Å². The third kappa shape index (κ3) is 5.41. The van der Waals surface area contributed by atoms with Gasteiger partial charge in [0.1, 0.15) is 11.4 Å². The zero-order valence-electron chi connectivity index (χ0n) is 19.9. The van der Waals surface area contributed by atoms with Crippen molar-refractivity contribution in [3.63, 3.8) is 0 Å². The number of carbonyl (C=O) groups excluding carboxylic acids is 1. The minimum absolute atomic E-state index is 0.00513. The molecule has 4 aromatic rings. The summed E-state index contributed by atoms with van der Waals surface area (Å²) in [5, 5.41) is 18.3. The minimum atomic E-state index is -0.0352. The van der Waals surface area contributed by atoms with Crippen molar-refractivity contribution in [2.45, 2.75) is 0 Å². The van der Waals surface area contributed by atoms with Crippen molar-refractivity contribution < 1.29 is 9.90 Å². The number of phenolic OH excluding ortho intramolecular Hbond substituents is 1. The van der Waals surface area contributed by atoms with Gasteiger partial charge in [-0.25, -0.2) is 4.68 Å². The maximum atomic E-state index is 12.7. The Morgan fingerprint density at radius 3 is 2.56 bits per heavy atom. The van der Waals surface area contributed by atoms with E-state index < -0.39 is 0 Å². The molecule has 0 atom stereocenters. The van der Waals surface area contributed by atoms with Gasteiger partial charge in [0, 0.05) is 61.6 Å². The van der Waals surface area contributed by atoms with Crippen molar-refractivity contribution in [1.82, 2.24) is 24.6 Å². The zero-order valence-corrected chi connectivity index (χ0v) is 20.7. The molecule has 0 aliphatic carbocycles. The number of hydrogen-bond donors (Lipinski definition) is 2. The number of halogens is 1. The Morgan fingerprint density at radius 2 is 1.81 bits per heavy atom. The molecule has 8 nitrogen and oxygen atoms in total. The number of nitrogens with one attached hydrogen (secondary N) is 1. The van der Waals surface area contributed by atoms with Crippen molar-refractivity contribution in [2.24, 2.45) is 0 Å². The fourth-order valence-electron chi connectivity index (χ4n) is 4.26. The third-order valence-corrected chi connectivity index (χ3v) is 6.60. The number of amides is 1. The number of anilines is 1. The van der Waals surface area contributed by atoms with Crippen LogP contribution in [0.5, 0.6) is 5.75 Å². The molecule has 0 radical (unpaired) electrons. The summed E-state index contributed by atoms with van der Waals surface area (Å²) in [7, 11) is 2.10. The van der Waals surface area contributed by atoms with Crippen LogP contribution in [-0.4, -0.2) is 75.3 Å². The topological polar surface area (TPSA) is 86.5 Å². The summed E-state index contributed by atoms with van der Waals surface area (Å²) in [5.74, 6) is -0.0403. The van der Waals surface area contributed by atoms with Gasteiger partial charge < -0.3 is 15.3 Å². The predicted molar refractivity (Wildman–Crippen MR) is 141 cm³/mol. The number of hydrogen-bond acceptors (Lipinski definition) is 6. The van der Waals surface area contributed by atoms with Gasteiger partial charge in [0.05, 0.1) is 17.3 Å². The number of benzene rings is 2. The molecule has 1 fully saturated rings. The second-order valence-electron chi connectivity index (χ2n) is 8.92. The van der Waals surface area contributed by atoms with Crippen molar-refractivity contribution >= 4 is 23.2 Å². The fourth-order valence-corrected chi connectivity index (χ4v) is 4.38. The number of aromatic hydroxyl groups is 1. The van der Waals surface area contributed by atoms with E-state index in [0.29, 0.717) is 17.9 Å². The van der Waals surface area contributed by atoms with Crippen LogP contribution in [0.15, 0.2) is 73.2 Å². The fraction of sp³-hybridized carbons (Fsp3) is 0.222. The van der Waals surface area contributed by atoms with Crippen molar-refractivity contribution in [3.05, 3.63) is 78.2 Å². The summed E-state index contributed by atoms with van der Waals surface area (Å²) in [4.78, 5) is 21.2. The van der Waals surface area contributed by atoms with Gasteiger partial charge in [0.15, 0.2) is 0 Å². The van der Waals surface area contributed by atoms with Crippen molar-refractivity contribution in [3.8, 4) is 33.8 Å². The van der Waals surface area contributed by atoms with Gasteiger partial charge >= 0.3 is 0 Å². The van der Waals surface area contributed by atoms with E-state index in [9.17, 15) is 9.90 Å². The van der Waals surface area contributed by atoms with Gasteiger partial charge in [-0.3, -0.25) is 14.7 Å². The molecular weight excluding hydrogens is 476 g/mol. The van der Waals surface area contributed by atoms with Crippen LogP contribution < -0.4 is 5.32 Å².